The van der Waals surface area contributed by atoms with E-state index >= 15 is 0 Å². The lowest BCUT2D eigenvalue weighted by Gasteiger charge is -2.22. The van der Waals surface area contributed by atoms with Crippen molar-refractivity contribution in [3.05, 3.63) is 0 Å². The van der Waals surface area contributed by atoms with Gasteiger partial charge in [0.15, 0.2) is 0 Å². The maximum atomic E-state index is 3.57. The van der Waals surface area contributed by atoms with Gasteiger partial charge in [-0.2, -0.15) is 0 Å². The van der Waals surface area contributed by atoms with E-state index in [4.69, 9.17) is 0 Å². The van der Waals surface area contributed by atoms with Crippen molar-refractivity contribution < 1.29 is 0 Å². The number of nitrogens with one attached hydrogen (secondary N) is 1. The minimum Gasteiger partial charge on any atom is -0.315 e. The van der Waals surface area contributed by atoms with E-state index in [1.807, 2.05) is 0 Å². The molecule has 12 heavy (non-hydrogen) atoms. The van der Waals surface area contributed by atoms with Crippen LogP contribution in [0.5, 0.6) is 0 Å². The van der Waals surface area contributed by atoms with E-state index in [2.05, 4.69) is 10.2 Å². The maximum absolute atomic E-state index is 3.57. The van der Waals surface area contributed by atoms with E-state index in [0.717, 1.165) is 11.5 Å². The van der Waals surface area contributed by atoms with Gasteiger partial charge in [0, 0.05) is 32.2 Å². The Morgan fingerprint density at radius 1 is 1.25 bits per heavy atom. The SMILES string of the molecule is C1CN(C2CC2)CC2(CC2)CN1. The molecule has 3 aliphatic rings. The van der Waals surface area contributed by atoms with Crippen molar-refractivity contribution in [1.82, 2.24) is 10.2 Å². The normalized spacial score (nSPS) is 35.0. The number of hydrogen-bond donors (Lipinski definition) is 1. The first-order valence-electron chi connectivity index (χ1n) is 5.33. The van der Waals surface area contributed by atoms with Gasteiger partial charge in [0.1, 0.15) is 0 Å². The highest BCUT2D eigenvalue weighted by Gasteiger charge is 2.46. The van der Waals surface area contributed by atoms with Gasteiger partial charge in [-0.05, 0) is 31.1 Å². The van der Waals surface area contributed by atoms with Crippen LogP contribution in [0.15, 0.2) is 0 Å². The standard InChI is InChI=1S/C10H18N2/c1-2-9(1)12-6-5-11-7-10(8-12)3-4-10/h9,11H,1-8H2. The summed E-state index contributed by atoms with van der Waals surface area (Å²) in [6.07, 6.45) is 5.89. The Hall–Kier alpha value is -0.0800. The van der Waals surface area contributed by atoms with Gasteiger partial charge in [-0.1, -0.05) is 0 Å². The average molecular weight is 166 g/mol. The summed E-state index contributed by atoms with van der Waals surface area (Å²) >= 11 is 0. The molecule has 1 spiro atoms. The molecule has 1 heterocycles. The predicted octanol–water partition coefficient (Wildman–Crippen LogP) is 0.834. The lowest BCUT2D eigenvalue weighted by molar-refractivity contribution is 0.238. The lowest BCUT2D eigenvalue weighted by atomic mass is 10.1. The Morgan fingerprint density at radius 2 is 2.08 bits per heavy atom. The molecule has 0 aromatic heterocycles. The molecule has 1 saturated heterocycles. The number of nitrogens with zero attached hydrogens (tertiary/aromatic N) is 1. The van der Waals surface area contributed by atoms with Crippen LogP contribution >= 0.6 is 0 Å². The molecular weight excluding hydrogens is 148 g/mol. The Morgan fingerprint density at radius 3 is 2.75 bits per heavy atom. The topological polar surface area (TPSA) is 15.3 Å². The van der Waals surface area contributed by atoms with Crippen molar-refractivity contribution in [2.75, 3.05) is 26.2 Å². The van der Waals surface area contributed by atoms with Crippen LogP contribution in [-0.4, -0.2) is 37.1 Å². The van der Waals surface area contributed by atoms with Crippen LogP contribution < -0.4 is 5.32 Å². The summed E-state index contributed by atoms with van der Waals surface area (Å²) in [6, 6.07) is 0.974. The Labute approximate surface area is 74.3 Å². The summed E-state index contributed by atoms with van der Waals surface area (Å²) in [5, 5.41) is 3.57. The minimum absolute atomic E-state index is 0.721. The first kappa shape index (κ1) is 7.34. The molecule has 0 atom stereocenters. The summed E-state index contributed by atoms with van der Waals surface area (Å²) in [5.41, 5.74) is 0.721. The van der Waals surface area contributed by atoms with Crippen LogP contribution in [0, 0.1) is 5.41 Å². The molecule has 0 aromatic rings. The summed E-state index contributed by atoms with van der Waals surface area (Å²) in [4.78, 5) is 2.73. The Bertz CT molecular complexity index is 182. The predicted molar refractivity (Wildman–Crippen MR) is 49.1 cm³/mol. The highest BCUT2D eigenvalue weighted by molar-refractivity contribution is 5.01. The molecular formula is C10H18N2. The zero-order valence-corrected chi connectivity index (χ0v) is 7.68. The Balaban J connectivity index is 1.68. The molecule has 1 aliphatic heterocycles. The van der Waals surface area contributed by atoms with Gasteiger partial charge >= 0.3 is 0 Å². The maximum Gasteiger partial charge on any atom is 0.0110 e. The quantitative estimate of drug-likeness (QED) is 0.621. The lowest BCUT2D eigenvalue weighted by Crippen LogP contribution is -2.32. The molecule has 0 aromatic carbocycles. The molecule has 2 nitrogen and oxygen atoms in total. The average Bonchev–Trinajstić information content (AvgIpc) is 2.91. The molecule has 0 unspecified atom stereocenters. The monoisotopic (exact) mass is 166 g/mol. The summed E-state index contributed by atoms with van der Waals surface area (Å²) < 4.78 is 0. The summed E-state index contributed by atoms with van der Waals surface area (Å²) in [5.74, 6) is 0. The first-order valence-corrected chi connectivity index (χ1v) is 5.33. The first-order chi connectivity index (χ1) is 5.88. The van der Waals surface area contributed by atoms with Crippen LogP contribution in [0.1, 0.15) is 25.7 Å². The second-order valence-electron chi connectivity index (χ2n) is 4.88. The largest absolute Gasteiger partial charge is 0.315 e. The fraction of sp³-hybridized carbons (Fsp3) is 1.00. The molecule has 1 N–H and O–H groups in total. The van der Waals surface area contributed by atoms with Gasteiger partial charge < -0.3 is 5.32 Å². The van der Waals surface area contributed by atoms with Crippen molar-refractivity contribution in [1.29, 1.82) is 0 Å². The van der Waals surface area contributed by atoms with E-state index in [-0.39, 0.29) is 0 Å². The van der Waals surface area contributed by atoms with Gasteiger partial charge in [-0.3, -0.25) is 4.90 Å². The molecule has 3 fully saturated rings. The van der Waals surface area contributed by atoms with E-state index in [9.17, 15) is 0 Å². The van der Waals surface area contributed by atoms with Gasteiger partial charge in [-0.25, -0.2) is 0 Å². The molecule has 0 bridgehead atoms. The molecule has 2 saturated carbocycles. The zero-order valence-electron chi connectivity index (χ0n) is 7.68. The number of rotatable bonds is 1. The number of hydrogen-bond acceptors (Lipinski definition) is 2. The van der Waals surface area contributed by atoms with Crippen molar-refractivity contribution in [3.63, 3.8) is 0 Å². The summed E-state index contributed by atoms with van der Waals surface area (Å²) in [6.45, 7) is 5.20. The smallest absolute Gasteiger partial charge is 0.0110 e. The fourth-order valence-electron chi connectivity index (χ4n) is 2.41. The third-order valence-corrected chi connectivity index (χ3v) is 3.63. The van der Waals surface area contributed by atoms with Crippen LogP contribution in [-0.2, 0) is 0 Å². The fourth-order valence-corrected chi connectivity index (χ4v) is 2.41. The minimum atomic E-state index is 0.721. The second kappa shape index (κ2) is 2.46. The van der Waals surface area contributed by atoms with Crippen LogP contribution in [0.2, 0.25) is 0 Å². The molecule has 0 amide bonds. The molecule has 68 valence electrons. The van der Waals surface area contributed by atoms with Crippen LogP contribution in [0.25, 0.3) is 0 Å². The van der Waals surface area contributed by atoms with E-state index in [1.165, 1.54) is 51.9 Å². The molecule has 2 heteroatoms. The van der Waals surface area contributed by atoms with Gasteiger partial charge in [0.25, 0.3) is 0 Å². The highest BCUT2D eigenvalue weighted by atomic mass is 15.2. The molecule has 0 radical (unpaired) electrons. The second-order valence-corrected chi connectivity index (χ2v) is 4.88. The van der Waals surface area contributed by atoms with E-state index < -0.39 is 0 Å². The van der Waals surface area contributed by atoms with Crippen molar-refractivity contribution >= 4 is 0 Å². The van der Waals surface area contributed by atoms with Crippen LogP contribution in [0.3, 0.4) is 0 Å². The molecule has 3 rings (SSSR count). The van der Waals surface area contributed by atoms with Gasteiger partial charge in [0.2, 0.25) is 0 Å². The Kier molecular flexibility index (Phi) is 1.50. The van der Waals surface area contributed by atoms with Crippen LogP contribution in [0.4, 0.5) is 0 Å². The van der Waals surface area contributed by atoms with E-state index in [0.29, 0.717) is 0 Å². The third-order valence-electron chi connectivity index (χ3n) is 3.63. The molecule has 2 aliphatic carbocycles. The van der Waals surface area contributed by atoms with E-state index in [1.54, 1.807) is 0 Å². The van der Waals surface area contributed by atoms with Crippen molar-refractivity contribution in [3.8, 4) is 0 Å². The van der Waals surface area contributed by atoms with Crippen molar-refractivity contribution in [2.24, 2.45) is 5.41 Å². The zero-order chi connectivity index (χ0) is 8.02. The summed E-state index contributed by atoms with van der Waals surface area (Å²) in [7, 11) is 0. The van der Waals surface area contributed by atoms with Gasteiger partial charge in [-0.15, -0.1) is 0 Å². The highest BCUT2D eigenvalue weighted by Crippen LogP contribution is 2.47. The van der Waals surface area contributed by atoms with Crippen molar-refractivity contribution in [2.45, 2.75) is 31.7 Å². The van der Waals surface area contributed by atoms with Gasteiger partial charge in [0.05, 0.1) is 0 Å². The third kappa shape index (κ3) is 1.27.